The number of benzene rings is 1. The molecular weight excluding hydrogens is 306 g/mol. The minimum absolute atomic E-state index is 0.141. The molecule has 0 saturated carbocycles. The Morgan fingerprint density at radius 2 is 1.92 bits per heavy atom. The van der Waals surface area contributed by atoms with E-state index >= 15 is 0 Å². The smallest absolute Gasteiger partial charge is 0.347 e. The molecule has 3 N–H and O–H groups in total. The van der Waals surface area contributed by atoms with E-state index in [1.807, 2.05) is 6.07 Å². The SMILES string of the molecule is [O-][NH+]1NC(=NCCN2CCCCC2)[NH+]([O-])c2ccc3c(c21)CCC3. The average Bonchev–Trinajstić information content (AvgIpc) is 3.08. The minimum atomic E-state index is -0.167. The minimum Gasteiger partial charge on any atom is -0.621 e. The van der Waals surface area contributed by atoms with Crippen LogP contribution in [-0.2, 0) is 12.8 Å². The van der Waals surface area contributed by atoms with Crippen LogP contribution in [0.2, 0.25) is 0 Å². The van der Waals surface area contributed by atoms with Crippen LogP contribution in [0.5, 0.6) is 0 Å². The molecule has 7 heteroatoms. The number of guanidine groups is 1. The Bertz CT molecular complexity index is 642. The maximum atomic E-state index is 12.7. The van der Waals surface area contributed by atoms with Gasteiger partial charge in [0.25, 0.3) is 0 Å². The lowest BCUT2D eigenvalue weighted by atomic mass is 10.1. The second-order valence-corrected chi connectivity index (χ2v) is 6.90. The number of piperidine rings is 1. The number of nitrogens with zero attached hydrogens (tertiary/aromatic N) is 2. The number of fused-ring (bicyclic) bond motifs is 3. The summed E-state index contributed by atoms with van der Waals surface area (Å²) in [7, 11) is 0. The van der Waals surface area contributed by atoms with E-state index in [0.717, 1.165) is 44.5 Å². The number of quaternary nitrogens is 2. The van der Waals surface area contributed by atoms with E-state index in [1.165, 1.54) is 24.8 Å². The second kappa shape index (κ2) is 6.78. The molecule has 0 bridgehead atoms. The fourth-order valence-electron chi connectivity index (χ4n) is 4.07. The number of rotatable bonds is 3. The Kier molecular flexibility index (Phi) is 4.51. The largest absolute Gasteiger partial charge is 0.621 e. The van der Waals surface area contributed by atoms with E-state index in [4.69, 9.17) is 0 Å². The summed E-state index contributed by atoms with van der Waals surface area (Å²) in [5.74, 6) is 0.211. The number of hydrogen-bond acceptors (Lipinski definition) is 4. The zero-order valence-corrected chi connectivity index (χ0v) is 13.9. The first-order valence-electron chi connectivity index (χ1n) is 9.01. The molecule has 2 atom stereocenters. The zero-order chi connectivity index (χ0) is 16.5. The van der Waals surface area contributed by atoms with Crippen molar-refractivity contribution >= 4 is 17.3 Å². The van der Waals surface area contributed by atoms with Gasteiger partial charge in [0.1, 0.15) is 0 Å². The van der Waals surface area contributed by atoms with E-state index in [0.29, 0.717) is 17.9 Å². The molecule has 24 heavy (non-hydrogen) atoms. The van der Waals surface area contributed by atoms with Crippen LogP contribution < -0.4 is 15.7 Å². The van der Waals surface area contributed by atoms with Crippen molar-refractivity contribution in [3.63, 3.8) is 0 Å². The van der Waals surface area contributed by atoms with Gasteiger partial charge in [0.05, 0.1) is 6.54 Å². The molecule has 3 aliphatic rings. The molecular formula is C17H25N5O2. The molecule has 130 valence electrons. The molecule has 7 nitrogen and oxygen atoms in total. The summed E-state index contributed by atoms with van der Waals surface area (Å²) in [6.45, 7) is 3.63. The Morgan fingerprint density at radius 3 is 2.75 bits per heavy atom. The molecule has 4 rings (SSSR count). The van der Waals surface area contributed by atoms with Crippen molar-refractivity contribution in [1.82, 2.24) is 10.3 Å². The lowest BCUT2D eigenvalue weighted by Gasteiger charge is -2.35. The van der Waals surface area contributed by atoms with Crippen LogP contribution in [0.3, 0.4) is 0 Å². The quantitative estimate of drug-likeness (QED) is 0.656. The summed E-state index contributed by atoms with van der Waals surface area (Å²) < 4.78 is 0. The fraction of sp³-hybridized carbons (Fsp3) is 0.588. The number of hydrogen-bond donors (Lipinski definition) is 3. The van der Waals surface area contributed by atoms with E-state index in [1.54, 1.807) is 6.07 Å². The summed E-state index contributed by atoms with van der Waals surface area (Å²) in [5, 5.41) is 24.9. The Balaban J connectivity index is 1.49. The van der Waals surface area contributed by atoms with Gasteiger partial charge in [0, 0.05) is 18.2 Å². The number of aryl methyl sites for hydroxylation is 1. The van der Waals surface area contributed by atoms with Crippen molar-refractivity contribution in [2.24, 2.45) is 4.99 Å². The number of hydroxylamine groups is 1. The Hall–Kier alpha value is -1.51. The van der Waals surface area contributed by atoms with Gasteiger partial charge in [-0.3, -0.25) is 5.06 Å². The van der Waals surface area contributed by atoms with E-state index in [-0.39, 0.29) is 16.2 Å². The number of nitrogens with one attached hydrogen (secondary N) is 3. The van der Waals surface area contributed by atoms with Gasteiger partial charge in [-0.2, -0.15) is 5.43 Å². The lowest BCUT2D eigenvalue weighted by Crippen LogP contribution is -3.24. The Labute approximate surface area is 142 Å². The normalized spacial score (nSPS) is 28.5. The van der Waals surface area contributed by atoms with Crippen molar-refractivity contribution in [1.29, 1.82) is 0 Å². The third-order valence-electron chi connectivity index (χ3n) is 5.34. The molecule has 1 aromatic carbocycles. The van der Waals surface area contributed by atoms with Crippen LogP contribution in [0, 0.1) is 10.4 Å². The first-order valence-corrected chi connectivity index (χ1v) is 9.01. The van der Waals surface area contributed by atoms with Gasteiger partial charge in [-0.25, -0.2) is 10.2 Å². The summed E-state index contributed by atoms with van der Waals surface area (Å²) in [6.07, 6.45) is 6.74. The zero-order valence-electron chi connectivity index (χ0n) is 13.9. The maximum absolute atomic E-state index is 12.7. The third kappa shape index (κ3) is 2.94. The van der Waals surface area contributed by atoms with Crippen LogP contribution in [0.15, 0.2) is 17.1 Å². The molecule has 1 aliphatic carbocycles. The maximum Gasteiger partial charge on any atom is 0.347 e. The predicted octanol–water partition coefficient (Wildman–Crippen LogP) is -0.436. The lowest BCUT2D eigenvalue weighted by molar-refractivity contribution is -0.851. The highest BCUT2D eigenvalue weighted by Crippen LogP contribution is 2.31. The van der Waals surface area contributed by atoms with Crippen LogP contribution >= 0.6 is 0 Å². The van der Waals surface area contributed by atoms with Crippen LogP contribution in [-0.4, -0.2) is 37.0 Å². The first-order chi connectivity index (χ1) is 11.7. The van der Waals surface area contributed by atoms with E-state index in [9.17, 15) is 10.4 Å². The summed E-state index contributed by atoms with van der Waals surface area (Å²) in [4.78, 5) is 6.77. The highest BCUT2D eigenvalue weighted by Gasteiger charge is 2.33. The van der Waals surface area contributed by atoms with E-state index < -0.39 is 0 Å². The number of likely N-dealkylation sites (tertiary alicyclic amines) is 1. The second-order valence-electron chi connectivity index (χ2n) is 6.90. The van der Waals surface area contributed by atoms with Crippen molar-refractivity contribution in [3.05, 3.63) is 33.7 Å². The van der Waals surface area contributed by atoms with Crippen LogP contribution in [0.4, 0.5) is 11.4 Å². The first kappa shape index (κ1) is 16.0. The molecule has 1 fully saturated rings. The molecule has 0 amide bonds. The van der Waals surface area contributed by atoms with Gasteiger partial charge in [0.15, 0.2) is 0 Å². The van der Waals surface area contributed by atoms with Gasteiger partial charge in [-0.1, -0.05) is 12.5 Å². The van der Waals surface area contributed by atoms with Crippen molar-refractivity contribution in [2.75, 3.05) is 26.2 Å². The molecule has 0 aromatic heterocycles. The standard InChI is InChI=1S/C17H25N5O2/c23-21-15-8-7-13-5-4-6-14(13)16(15)22(24)19-17(21)18-9-12-20-10-2-1-3-11-20/h7-8,21-22H,1-6,9-12H2,(H,18,19). The van der Waals surface area contributed by atoms with Crippen LogP contribution in [0.1, 0.15) is 36.8 Å². The molecule has 2 unspecified atom stereocenters. The Morgan fingerprint density at radius 1 is 1.08 bits per heavy atom. The molecule has 0 radical (unpaired) electrons. The molecule has 2 heterocycles. The monoisotopic (exact) mass is 331 g/mol. The van der Waals surface area contributed by atoms with Crippen molar-refractivity contribution < 1.29 is 10.2 Å². The summed E-state index contributed by atoms with van der Waals surface area (Å²) in [5.41, 5.74) is 6.12. The topological polar surface area (TPSA) is 82.6 Å². The average molecular weight is 331 g/mol. The van der Waals surface area contributed by atoms with Gasteiger partial charge in [0.2, 0.25) is 11.4 Å². The van der Waals surface area contributed by atoms with Gasteiger partial charge in [-0.05, 0) is 50.8 Å². The van der Waals surface area contributed by atoms with Crippen molar-refractivity contribution in [3.8, 4) is 0 Å². The predicted molar refractivity (Wildman–Crippen MR) is 92.2 cm³/mol. The van der Waals surface area contributed by atoms with E-state index in [2.05, 4.69) is 15.3 Å². The highest BCUT2D eigenvalue weighted by atomic mass is 16.6. The molecule has 2 aliphatic heterocycles. The molecule has 1 aromatic rings. The number of aliphatic imine (C=N–C) groups is 1. The fourth-order valence-corrected chi connectivity index (χ4v) is 4.07. The summed E-state index contributed by atoms with van der Waals surface area (Å²) >= 11 is 0. The highest BCUT2D eigenvalue weighted by molar-refractivity contribution is 5.77. The molecule has 0 spiro atoms. The summed E-state index contributed by atoms with van der Waals surface area (Å²) in [6, 6.07) is 3.81. The van der Waals surface area contributed by atoms with Gasteiger partial charge in [-0.15, -0.1) is 0 Å². The van der Waals surface area contributed by atoms with Crippen LogP contribution in [0.25, 0.3) is 0 Å². The van der Waals surface area contributed by atoms with Gasteiger partial charge < -0.3 is 15.3 Å². The molecule has 1 saturated heterocycles. The van der Waals surface area contributed by atoms with Gasteiger partial charge >= 0.3 is 5.96 Å². The van der Waals surface area contributed by atoms with Crippen molar-refractivity contribution in [2.45, 2.75) is 38.5 Å². The third-order valence-corrected chi connectivity index (χ3v) is 5.34.